The van der Waals surface area contributed by atoms with E-state index in [0.717, 1.165) is 11.3 Å². The first-order valence-electron chi connectivity index (χ1n) is 9.55. The topological polar surface area (TPSA) is 103 Å². The lowest BCUT2D eigenvalue weighted by Gasteiger charge is -2.10. The van der Waals surface area contributed by atoms with Crippen molar-refractivity contribution in [3.05, 3.63) is 66.2 Å². The molecule has 30 heavy (non-hydrogen) atoms. The van der Waals surface area contributed by atoms with E-state index < -0.39 is 5.97 Å². The third kappa shape index (κ3) is 3.52. The van der Waals surface area contributed by atoms with Gasteiger partial charge in [0.05, 0.1) is 18.5 Å². The number of hydrogen-bond donors (Lipinski definition) is 1. The first-order valence-corrected chi connectivity index (χ1v) is 9.55. The van der Waals surface area contributed by atoms with Crippen LogP contribution in [0.25, 0.3) is 16.9 Å². The van der Waals surface area contributed by atoms with Gasteiger partial charge >= 0.3 is 5.97 Å². The van der Waals surface area contributed by atoms with Gasteiger partial charge in [0.25, 0.3) is 5.91 Å². The number of benzene rings is 1. The summed E-state index contributed by atoms with van der Waals surface area (Å²) in [6.45, 7) is 4.55. The van der Waals surface area contributed by atoms with Crippen molar-refractivity contribution < 1.29 is 14.3 Å². The summed E-state index contributed by atoms with van der Waals surface area (Å²) in [5, 5.41) is 11.3. The molecule has 4 aromatic rings. The molecule has 0 unspecified atom stereocenters. The van der Waals surface area contributed by atoms with Crippen LogP contribution >= 0.6 is 0 Å². The van der Waals surface area contributed by atoms with Crippen molar-refractivity contribution in [2.24, 2.45) is 0 Å². The highest BCUT2D eigenvalue weighted by Gasteiger charge is 2.17. The lowest BCUT2D eigenvalue weighted by atomic mass is 10.1. The molecule has 0 aliphatic rings. The Kier molecular flexibility index (Phi) is 5.25. The van der Waals surface area contributed by atoms with Crippen LogP contribution in [-0.4, -0.2) is 42.9 Å². The van der Waals surface area contributed by atoms with E-state index in [9.17, 15) is 9.59 Å². The minimum absolute atomic E-state index is 0.241. The second kappa shape index (κ2) is 8.16. The van der Waals surface area contributed by atoms with Gasteiger partial charge in [-0.3, -0.25) is 9.48 Å². The van der Waals surface area contributed by atoms with Gasteiger partial charge in [0.1, 0.15) is 11.3 Å². The number of nitrogens with one attached hydrogen (secondary N) is 1. The number of ether oxygens (including phenoxy) is 1. The highest BCUT2D eigenvalue weighted by atomic mass is 16.5. The van der Waals surface area contributed by atoms with Gasteiger partial charge in [0.15, 0.2) is 5.65 Å². The summed E-state index contributed by atoms with van der Waals surface area (Å²) >= 11 is 0. The Morgan fingerprint density at radius 2 is 1.97 bits per heavy atom. The van der Waals surface area contributed by atoms with Crippen molar-refractivity contribution in [3.63, 3.8) is 0 Å². The predicted octanol–water partition coefficient (Wildman–Crippen LogP) is 3.04. The monoisotopic (exact) mass is 404 g/mol. The number of carbonyl (C=O) groups is 2. The van der Waals surface area contributed by atoms with Gasteiger partial charge in [-0.25, -0.2) is 14.3 Å². The van der Waals surface area contributed by atoms with Crippen LogP contribution in [-0.2, 0) is 11.3 Å². The summed E-state index contributed by atoms with van der Waals surface area (Å²) in [7, 11) is 0. The van der Waals surface area contributed by atoms with Crippen LogP contribution in [0.5, 0.6) is 0 Å². The van der Waals surface area contributed by atoms with Crippen LogP contribution in [0.1, 0.15) is 34.7 Å². The number of carbonyl (C=O) groups excluding carboxylic acids is 2. The van der Waals surface area contributed by atoms with Gasteiger partial charge in [-0.1, -0.05) is 12.1 Å². The number of aryl methyl sites for hydroxylation is 1. The summed E-state index contributed by atoms with van der Waals surface area (Å²) in [6, 6.07) is 10.8. The van der Waals surface area contributed by atoms with Crippen LogP contribution in [0.15, 0.2) is 55.0 Å². The van der Waals surface area contributed by atoms with E-state index in [-0.39, 0.29) is 12.5 Å². The van der Waals surface area contributed by atoms with Crippen LogP contribution in [0, 0.1) is 0 Å². The van der Waals surface area contributed by atoms with Crippen LogP contribution < -0.4 is 5.32 Å². The van der Waals surface area contributed by atoms with Crippen molar-refractivity contribution in [1.29, 1.82) is 0 Å². The molecule has 0 aliphatic carbocycles. The molecule has 0 saturated carbocycles. The molecule has 9 heteroatoms. The predicted molar refractivity (Wildman–Crippen MR) is 110 cm³/mol. The van der Waals surface area contributed by atoms with Gasteiger partial charge in [0, 0.05) is 30.2 Å². The maximum atomic E-state index is 12.6. The molecule has 0 atom stereocenters. The number of nitrogens with zero attached hydrogens (tertiary/aromatic N) is 5. The zero-order chi connectivity index (χ0) is 21.1. The molecular formula is C21H20N6O3. The molecule has 4 rings (SSSR count). The number of esters is 1. The average molecular weight is 404 g/mol. The number of aromatic nitrogens is 5. The largest absolute Gasteiger partial charge is 0.462 e. The lowest BCUT2D eigenvalue weighted by molar-refractivity contribution is 0.0528. The van der Waals surface area contributed by atoms with Crippen molar-refractivity contribution in [1.82, 2.24) is 24.4 Å². The third-order valence-corrected chi connectivity index (χ3v) is 4.56. The molecule has 0 aliphatic heterocycles. The Bertz CT molecular complexity index is 1230. The molecule has 0 radical (unpaired) electrons. The van der Waals surface area contributed by atoms with E-state index in [1.165, 1.54) is 6.20 Å². The fraction of sp³-hybridized carbons (Fsp3) is 0.190. The molecule has 0 bridgehead atoms. The van der Waals surface area contributed by atoms with E-state index in [1.807, 2.05) is 25.1 Å². The maximum Gasteiger partial charge on any atom is 0.343 e. The number of hydrogen-bond acceptors (Lipinski definition) is 6. The van der Waals surface area contributed by atoms with Gasteiger partial charge < -0.3 is 10.1 Å². The Morgan fingerprint density at radius 1 is 1.10 bits per heavy atom. The van der Waals surface area contributed by atoms with E-state index in [2.05, 4.69) is 20.5 Å². The lowest BCUT2D eigenvalue weighted by Crippen LogP contribution is -2.17. The van der Waals surface area contributed by atoms with Gasteiger partial charge in [-0.2, -0.15) is 10.2 Å². The molecule has 1 amide bonds. The van der Waals surface area contributed by atoms with Gasteiger partial charge in [-0.05, 0) is 38.1 Å². The SMILES string of the molecule is CCOC(=O)c1cnn2c(-c3cccc(NC(=O)c4ccnn4CC)c3)ccnc12. The van der Waals surface area contributed by atoms with E-state index in [0.29, 0.717) is 29.1 Å². The summed E-state index contributed by atoms with van der Waals surface area (Å²) < 4.78 is 8.28. The Balaban J connectivity index is 1.66. The second-order valence-corrected chi connectivity index (χ2v) is 6.41. The molecule has 0 saturated heterocycles. The van der Waals surface area contributed by atoms with Crippen molar-refractivity contribution >= 4 is 23.2 Å². The van der Waals surface area contributed by atoms with E-state index in [1.54, 1.807) is 46.7 Å². The molecule has 9 nitrogen and oxygen atoms in total. The van der Waals surface area contributed by atoms with Crippen LogP contribution in [0.2, 0.25) is 0 Å². The van der Waals surface area contributed by atoms with Crippen molar-refractivity contribution in [2.45, 2.75) is 20.4 Å². The number of anilines is 1. The first-order chi connectivity index (χ1) is 14.6. The number of rotatable bonds is 6. The number of fused-ring (bicyclic) bond motifs is 1. The molecule has 1 aromatic carbocycles. The third-order valence-electron chi connectivity index (χ3n) is 4.56. The average Bonchev–Trinajstić information content (AvgIpc) is 3.41. The van der Waals surface area contributed by atoms with Crippen LogP contribution in [0.3, 0.4) is 0 Å². The Hall–Kier alpha value is -4.01. The van der Waals surface area contributed by atoms with E-state index >= 15 is 0 Å². The highest BCUT2D eigenvalue weighted by molar-refractivity contribution is 6.03. The van der Waals surface area contributed by atoms with Crippen molar-refractivity contribution in [3.8, 4) is 11.3 Å². The second-order valence-electron chi connectivity index (χ2n) is 6.41. The Morgan fingerprint density at radius 3 is 2.77 bits per heavy atom. The molecule has 152 valence electrons. The van der Waals surface area contributed by atoms with E-state index in [4.69, 9.17) is 4.74 Å². The molecule has 1 N–H and O–H groups in total. The summed E-state index contributed by atoms with van der Waals surface area (Å²) in [4.78, 5) is 29.0. The normalized spacial score (nSPS) is 10.9. The smallest absolute Gasteiger partial charge is 0.343 e. The standard InChI is InChI=1S/C21H20N6O3/c1-3-26-18(9-11-23-26)20(28)25-15-7-5-6-14(12-15)17-8-10-22-19-16(13-24-27(17)19)21(29)30-4-2/h5-13H,3-4H2,1-2H3,(H,25,28). The molecule has 0 spiro atoms. The minimum atomic E-state index is -0.467. The maximum absolute atomic E-state index is 12.6. The summed E-state index contributed by atoms with van der Waals surface area (Å²) in [6.07, 6.45) is 4.66. The molecule has 3 heterocycles. The number of amides is 1. The zero-order valence-corrected chi connectivity index (χ0v) is 16.6. The highest BCUT2D eigenvalue weighted by Crippen LogP contribution is 2.24. The quantitative estimate of drug-likeness (QED) is 0.496. The van der Waals surface area contributed by atoms with Gasteiger partial charge in [-0.15, -0.1) is 0 Å². The summed E-state index contributed by atoms with van der Waals surface area (Å²) in [5.41, 5.74) is 3.36. The Labute approximate surface area is 172 Å². The minimum Gasteiger partial charge on any atom is -0.462 e. The molecule has 0 fully saturated rings. The van der Waals surface area contributed by atoms with Gasteiger partial charge in [0.2, 0.25) is 0 Å². The first kappa shape index (κ1) is 19.3. The zero-order valence-electron chi connectivity index (χ0n) is 16.6. The fourth-order valence-electron chi connectivity index (χ4n) is 3.19. The summed E-state index contributed by atoms with van der Waals surface area (Å²) in [5.74, 6) is -0.708. The van der Waals surface area contributed by atoms with Crippen LogP contribution in [0.4, 0.5) is 5.69 Å². The molecular weight excluding hydrogens is 384 g/mol. The van der Waals surface area contributed by atoms with Crippen molar-refractivity contribution in [2.75, 3.05) is 11.9 Å². The fourth-order valence-corrected chi connectivity index (χ4v) is 3.19. The molecule has 3 aromatic heterocycles.